The van der Waals surface area contributed by atoms with Crippen molar-refractivity contribution in [1.29, 1.82) is 0 Å². The molecule has 1 unspecified atom stereocenters. The highest BCUT2D eigenvalue weighted by molar-refractivity contribution is 7.22. The number of aromatic nitrogens is 2. The van der Waals surface area contributed by atoms with Crippen molar-refractivity contribution in [2.24, 2.45) is 0 Å². The summed E-state index contributed by atoms with van der Waals surface area (Å²) < 4.78 is 20.9. The number of nitrogen functional groups attached to an aromatic ring is 1. The van der Waals surface area contributed by atoms with E-state index in [-0.39, 0.29) is 11.9 Å². The minimum atomic E-state index is -0.506. The van der Waals surface area contributed by atoms with Crippen molar-refractivity contribution >= 4 is 27.2 Å². The maximum Gasteiger partial charge on any atom is 0.167 e. The molecule has 0 aliphatic carbocycles. The van der Waals surface area contributed by atoms with Gasteiger partial charge in [-0.2, -0.15) is 0 Å². The second-order valence-electron chi connectivity index (χ2n) is 8.90. The van der Waals surface area contributed by atoms with Gasteiger partial charge in [0.05, 0.1) is 26.9 Å². The molecule has 7 nitrogen and oxygen atoms in total. The second-order valence-corrected chi connectivity index (χ2v) is 9.96. The summed E-state index contributed by atoms with van der Waals surface area (Å²) in [6.07, 6.45) is 3.29. The highest BCUT2D eigenvalue weighted by Crippen LogP contribution is 2.39. The molecule has 4 heterocycles. The van der Waals surface area contributed by atoms with Gasteiger partial charge in [0.15, 0.2) is 11.6 Å². The summed E-state index contributed by atoms with van der Waals surface area (Å²) in [6, 6.07) is 12.2. The van der Waals surface area contributed by atoms with E-state index in [1.54, 1.807) is 18.3 Å². The summed E-state index contributed by atoms with van der Waals surface area (Å²) in [5.41, 5.74) is 8.80. The lowest BCUT2D eigenvalue weighted by Crippen LogP contribution is -2.47. The summed E-state index contributed by atoms with van der Waals surface area (Å²) in [6.45, 7) is 7.32. The number of nitrogens with zero attached hydrogens (tertiary/aromatic N) is 4. The predicted octanol–water partition coefficient (Wildman–Crippen LogP) is 4.37. The van der Waals surface area contributed by atoms with Gasteiger partial charge in [-0.1, -0.05) is 6.07 Å². The fourth-order valence-corrected chi connectivity index (χ4v) is 5.31. The smallest absolute Gasteiger partial charge is 0.167 e. The zero-order valence-corrected chi connectivity index (χ0v) is 20.3. The van der Waals surface area contributed by atoms with Gasteiger partial charge >= 0.3 is 0 Å². The van der Waals surface area contributed by atoms with E-state index in [1.165, 1.54) is 29.0 Å². The van der Waals surface area contributed by atoms with Crippen molar-refractivity contribution in [3.8, 4) is 22.1 Å². The van der Waals surface area contributed by atoms with Crippen molar-refractivity contribution in [1.82, 2.24) is 19.8 Å². The molecule has 1 aromatic carbocycles. The first-order chi connectivity index (χ1) is 16.9. The van der Waals surface area contributed by atoms with Crippen molar-refractivity contribution in [2.75, 3.05) is 38.5 Å². The van der Waals surface area contributed by atoms with Gasteiger partial charge in [-0.05, 0) is 36.8 Å². The Morgan fingerprint density at radius 1 is 1.06 bits per heavy atom. The van der Waals surface area contributed by atoms with Crippen LogP contribution in [-0.2, 0) is 6.54 Å². The Bertz CT molecular complexity index is 1300. The summed E-state index contributed by atoms with van der Waals surface area (Å²) in [5.74, 6) is 0.158. The topological polar surface area (TPSA) is 87.7 Å². The maximum atomic E-state index is 14.2. The molecule has 5 rings (SSSR count). The summed E-state index contributed by atoms with van der Waals surface area (Å²) in [7, 11) is 0. The number of ether oxygens (including phenoxy) is 1. The van der Waals surface area contributed by atoms with E-state index < -0.39 is 5.82 Å². The molecule has 9 heteroatoms. The second kappa shape index (κ2) is 10.2. The van der Waals surface area contributed by atoms with Crippen molar-refractivity contribution in [3.63, 3.8) is 0 Å². The van der Waals surface area contributed by atoms with Crippen molar-refractivity contribution < 1.29 is 14.2 Å². The van der Waals surface area contributed by atoms with Gasteiger partial charge in [0, 0.05) is 69.5 Å². The molecule has 0 bridgehead atoms. The Labute approximate surface area is 207 Å². The van der Waals surface area contributed by atoms with Gasteiger partial charge < -0.3 is 15.6 Å². The predicted molar refractivity (Wildman–Crippen MR) is 137 cm³/mol. The van der Waals surface area contributed by atoms with E-state index in [9.17, 15) is 9.50 Å². The average molecular weight is 494 g/mol. The van der Waals surface area contributed by atoms with E-state index in [0.29, 0.717) is 11.4 Å². The zero-order valence-electron chi connectivity index (χ0n) is 19.5. The molecule has 0 radical (unpaired) electrons. The van der Waals surface area contributed by atoms with E-state index >= 15 is 0 Å². The first-order valence-electron chi connectivity index (χ1n) is 11.6. The number of fused-ring (bicyclic) bond motifs is 1. The molecule has 0 amide bonds. The third kappa shape index (κ3) is 5.59. The van der Waals surface area contributed by atoms with Gasteiger partial charge in [0.2, 0.25) is 0 Å². The van der Waals surface area contributed by atoms with Crippen LogP contribution in [0.25, 0.3) is 20.8 Å². The number of β-amino-alcohol motifs (C(OH)–C–C–N with tert-alkyl or cyclic N) is 1. The summed E-state index contributed by atoms with van der Waals surface area (Å²) in [5, 5.41) is 9.58. The van der Waals surface area contributed by atoms with Crippen molar-refractivity contribution in [2.45, 2.75) is 19.6 Å². The van der Waals surface area contributed by atoms with Crippen molar-refractivity contribution in [3.05, 3.63) is 66.2 Å². The minimum Gasteiger partial charge on any atom is -0.453 e. The molecule has 35 heavy (non-hydrogen) atoms. The number of rotatable bonds is 7. The number of aliphatic hydroxyl groups is 1. The van der Waals surface area contributed by atoms with Gasteiger partial charge in [0.25, 0.3) is 0 Å². The summed E-state index contributed by atoms with van der Waals surface area (Å²) >= 11 is 1.52. The average Bonchev–Trinajstić information content (AvgIpc) is 3.28. The van der Waals surface area contributed by atoms with Crippen LogP contribution in [0.2, 0.25) is 0 Å². The molecular weight excluding hydrogens is 465 g/mol. The molecule has 1 aliphatic rings. The van der Waals surface area contributed by atoms with E-state index in [2.05, 4.69) is 20.9 Å². The quantitative estimate of drug-likeness (QED) is 0.370. The first-order valence-corrected chi connectivity index (χ1v) is 12.5. The molecular formula is C26H28FN5O2S. The van der Waals surface area contributed by atoms with Gasteiger partial charge in [0.1, 0.15) is 5.75 Å². The standard InChI is InChI=1S/C26H28FN5O2S/c1-17(33)15-31-8-10-32(11-9-31)16-18-2-4-21(30-14-18)25-13-22-26(35-25)24(6-7-29-22)34-23-5-3-19(28)12-20(23)27/h2-7,12-14,17,33H,8-11,15-16,28H2,1H3. The fraction of sp³-hybridized carbons (Fsp3) is 0.308. The lowest BCUT2D eigenvalue weighted by molar-refractivity contribution is 0.0780. The Balaban J connectivity index is 1.28. The van der Waals surface area contributed by atoms with Crippen LogP contribution in [0.3, 0.4) is 0 Å². The lowest BCUT2D eigenvalue weighted by atomic mass is 10.2. The van der Waals surface area contributed by atoms with E-state index in [4.69, 9.17) is 15.5 Å². The van der Waals surface area contributed by atoms with Crippen LogP contribution in [0.15, 0.2) is 54.9 Å². The molecule has 4 aromatic rings. The highest BCUT2D eigenvalue weighted by atomic mass is 32.1. The maximum absolute atomic E-state index is 14.2. The molecule has 1 saturated heterocycles. The molecule has 0 saturated carbocycles. The number of aliphatic hydroxyl groups excluding tert-OH is 1. The number of piperazine rings is 1. The number of hydrogen-bond donors (Lipinski definition) is 2. The van der Waals surface area contributed by atoms with E-state index in [0.717, 1.165) is 60.1 Å². The number of anilines is 1. The monoisotopic (exact) mass is 493 g/mol. The van der Waals surface area contributed by atoms with Crippen LogP contribution in [0.5, 0.6) is 11.5 Å². The van der Waals surface area contributed by atoms with Gasteiger partial charge in [-0.15, -0.1) is 11.3 Å². The lowest BCUT2D eigenvalue weighted by Gasteiger charge is -2.35. The minimum absolute atomic E-state index is 0.121. The third-order valence-electron chi connectivity index (χ3n) is 6.02. The Morgan fingerprint density at radius 3 is 2.57 bits per heavy atom. The highest BCUT2D eigenvalue weighted by Gasteiger charge is 2.18. The van der Waals surface area contributed by atoms with Crippen LogP contribution >= 0.6 is 11.3 Å². The van der Waals surface area contributed by atoms with Gasteiger partial charge in [-0.3, -0.25) is 19.8 Å². The number of pyridine rings is 2. The molecule has 3 N–H and O–H groups in total. The largest absolute Gasteiger partial charge is 0.453 e. The van der Waals surface area contributed by atoms with E-state index in [1.807, 2.05) is 25.3 Å². The van der Waals surface area contributed by atoms with Crippen LogP contribution in [0, 0.1) is 5.82 Å². The molecule has 1 atom stereocenters. The molecule has 182 valence electrons. The molecule has 3 aromatic heterocycles. The van der Waals surface area contributed by atoms with Crippen LogP contribution in [0.1, 0.15) is 12.5 Å². The Morgan fingerprint density at radius 2 is 1.86 bits per heavy atom. The zero-order chi connectivity index (χ0) is 24.4. The number of nitrogens with two attached hydrogens (primary N) is 1. The van der Waals surface area contributed by atoms with Crippen LogP contribution in [0.4, 0.5) is 10.1 Å². The third-order valence-corrected chi connectivity index (χ3v) is 7.18. The molecule has 0 spiro atoms. The van der Waals surface area contributed by atoms with Crippen LogP contribution < -0.4 is 10.5 Å². The Kier molecular flexibility index (Phi) is 6.92. The number of benzene rings is 1. The molecule has 1 aliphatic heterocycles. The Hall–Kier alpha value is -3.11. The number of halogens is 1. The fourth-order valence-electron chi connectivity index (χ4n) is 4.27. The molecule has 1 fully saturated rings. The first kappa shape index (κ1) is 23.6. The van der Waals surface area contributed by atoms with Gasteiger partial charge in [-0.25, -0.2) is 4.39 Å². The SMILES string of the molecule is CC(O)CN1CCN(Cc2ccc(-c3cc4nccc(Oc5ccc(N)cc5F)c4s3)nc2)CC1. The number of hydrogen-bond acceptors (Lipinski definition) is 8. The number of thiophene rings is 1. The summed E-state index contributed by atoms with van der Waals surface area (Å²) in [4.78, 5) is 14.8. The normalized spacial score (nSPS) is 16.0. The van der Waals surface area contributed by atoms with Crippen LogP contribution in [-0.4, -0.2) is 63.7 Å².